The van der Waals surface area contributed by atoms with Gasteiger partial charge in [0.15, 0.2) is 0 Å². The number of likely N-dealkylation sites (tertiary alicyclic amines) is 1. The molecule has 0 bridgehead atoms. The number of piperidine rings is 1. The van der Waals surface area contributed by atoms with Crippen LogP contribution in [0.5, 0.6) is 0 Å². The van der Waals surface area contributed by atoms with E-state index in [9.17, 15) is 9.90 Å². The van der Waals surface area contributed by atoms with Crippen molar-refractivity contribution in [3.05, 3.63) is 0 Å². The molecule has 1 aliphatic heterocycles. The minimum atomic E-state index is -0.858. The predicted octanol–water partition coefficient (Wildman–Crippen LogP) is 0.815. The van der Waals surface area contributed by atoms with Crippen LogP contribution >= 0.6 is 0 Å². The van der Waals surface area contributed by atoms with Crippen LogP contribution in [-0.4, -0.2) is 90.8 Å². The van der Waals surface area contributed by atoms with Crippen LogP contribution in [0.3, 0.4) is 0 Å². The second kappa shape index (κ2) is 8.70. The number of aliphatic hydroxyl groups is 1. The molecule has 0 saturated carbocycles. The van der Waals surface area contributed by atoms with Crippen molar-refractivity contribution in [1.29, 1.82) is 0 Å². The van der Waals surface area contributed by atoms with E-state index in [1.54, 1.807) is 18.7 Å². The largest absolute Gasteiger partial charge is 0.389 e. The first-order chi connectivity index (χ1) is 10.2. The summed E-state index contributed by atoms with van der Waals surface area (Å²) in [5.74, 6) is 0. The van der Waals surface area contributed by atoms with Crippen molar-refractivity contribution in [3.8, 4) is 0 Å². The summed E-state index contributed by atoms with van der Waals surface area (Å²) in [5.41, 5.74) is -0.858. The zero-order valence-electron chi connectivity index (χ0n) is 14.9. The third-order valence-electron chi connectivity index (χ3n) is 4.03. The van der Waals surface area contributed by atoms with E-state index in [1.165, 1.54) is 0 Å². The van der Waals surface area contributed by atoms with Gasteiger partial charge in [-0.25, -0.2) is 4.79 Å². The van der Waals surface area contributed by atoms with Crippen molar-refractivity contribution in [3.63, 3.8) is 0 Å². The molecule has 0 radical (unpaired) electrons. The van der Waals surface area contributed by atoms with Crippen molar-refractivity contribution in [2.45, 2.75) is 45.3 Å². The van der Waals surface area contributed by atoms with E-state index in [4.69, 9.17) is 0 Å². The molecular weight excluding hydrogens is 280 g/mol. The first kappa shape index (κ1) is 19.2. The first-order valence-corrected chi connectivity index (χ1v) is 8.36. The molecule has 0 aromatic heterocycles. The molecular formula is C16H34N4O2. The van der Waals surface area contributed by atoms with Gasteiger partial charge in [-0.15, -0.1) is 0 Å². The van der Waals surface area contributed by atoms with Gasteiger partial charge in [0.2, 0.25) is 0 Å². The van der Waals surface area contributed by atoms with Gasteiger partial charge in [0.25, 0.3) is 0 Å². The molecule has 2 N–H and O–H groups in total. The van der Waals surface area contributed by atoms with Crippen molar-refractivity contribution in [1.82, 2.24) is 20.0 Å². The highest BCUT2D eigenvalue weighted by atomic mass is 16.3. The summed E-state index contributed by atoms with van der Waals surface area (Å²) in [6.45, 7) is 10.6. The molecule has 22 heavy (non-hydrogen) atoms. The van der Waals surface area contributed by atoms with Crippen LogP contribution in [0.25, 0.3) is 0 Å². The van der Waals surface area contributed by atoms with Crippen LogP contribution in [0.1, 0.15) is 33.6 Å². The van der Waals surface area contributed by atoms with Crippen LogP contribution in [-0.2, 0) is 0 Å². The fourth-order valence-electron chi connectivity index (χ4n) is 2.70. The molecule has 0 unspecified atom stereocenters. The van der Waals surface area contributed by atoms with Gasteiger partial charge in [-0.1, -0.05) is 0 Å². The predicted molar refractivity (Wildman–Crippen MR) is 90.1 cm³/mol. The molecule has 130 valence electrons. The molecule has 6 heteroatoms. The monoisotopic (exact) mass is 314 g/mol. The van der Waals surface area contributed by atoms with Crippen LogP contribution in [0.2, 0.25) is 0 Å². The van der Waals surface area contributed by atoms with Gasteiger partial charge in [0.05, 0.1) is 12.1 Å². The zero-order valence-corrected chi connectivity index (χ0v) is 14.9. The molecule has 1 rings (SSSR count). The molecule has 2 amide bonds. The highest BCUT2D eigenvalue weighted by Crippen LogP contribution is 2.11. The van der Waals surface area contributed by atoms with Crippen LogP contribution in [0, 0.1) is 0 Å². The summed E-state index contributed by atoms with van der Waals surface area (Å²) in [6, 6.07) is 0.190. The van der Waals surface area contributed by atoms with E-state index < -0.39 is 5.60 Å². The van der Waals surface area contributed by atoms with Crippen LogP contribution in [0.4, 0.5) is 4.79 Å². The van der Waals surface area contributed by atoms with Gasteiger partial charge in [-0.3, -0.25) is 0 Å². The average molecular weight is 314 g/mol. The van der Waals surface area contributed by atoms with Gasteiger partial charge in [-0.2, -0.15) is 0 Å². The molecule has 1 heterocycles. The maximum atomic E-state index is 12.3. The van der Waals surface area contributed by atoms with Crippen LogP contribution < -0.4 is 5.32 Å². The number of hydrogen-bond donors (Lipinski definition) is 2. The molecule has 0 aliphatic carbocycles. The summed E-state index contributed by atoms with van der Waals surface area (Å²) in [5, 5.41) is 13.0. The fourth-order valence-corrected chi connectivity index (χ4v) is 2.70. The number of carbonyl (C=O) groups excluding carboxylic acids is 1. The molecule has 0 atom stereocenters. The Balaban J connectivity index is 2.34. The first-order valence-electron chi connectivity index (χ1n) is 8.36. The van der Waals surface area contributed by atoms with E-state index in [1.807, 2.05) is 6.92 Å². The molecule has 1 aliphatic rings. The maximum absolute atomic E-state index is 12.3. The lowest BCUT2D eigenvalue weighted by molar-refractivity contribution is 0.0470. The molecule has 0 aromatic carbocycles. The molecule has 0 spiro atoms. The normalized spacial score (nSPS) is 17.8. The van der Waals surface area contributed by atoms with Gasteiger partial charge in [0.1, 0.15) is 0 Å². The number of likely N-dealkylation sites (N-methyl/N-ethyl adjacent to an activating group) is 2. The lowest BCUT2D eigenvalue weighted by Gasteiger charge is -2.35. The molecule has 1 saturated heterocycles. The lowest BCUT2D eigenvalue weighted by atomic mass is 10.1. The Morgan fingerprint density at radius 2 is 1.91 bits per heavy atom. The highest BCUT2D eigenvalue weighted by Gasteiger charge is 2.25. The minimum Gasteiger partial charge on any atom is -0.389 e. The Kier molecular flexibility index (Phi) is 7.59. The number of nitrogens with one attached hydrogen (secondary N) is 1. The topological polar surface area (TPSA) is 59.1 Å². The summed E-state index contributed by atoms with van der Waals surface area (Å²) in [6.07, 6.45) is 2.00. The SMILES string of the molecule is CCN(CC(C)(C)O)C(=O)NC1CCN(CCN(C)C)CC1. The Morgan fingerprint density at radius 1 is 1.32 bits per heavy atom. The third-order valence-corrected chi connectivity index (χ3v) is 4.03. The quantitative estimate of drug-likeness (QED) is 0.730. The fraction of sp³-hybridized carbons (Fsp3) is 0.938. The van der Waals surface area contributed by atoms with Crippen molar-refractivity contribution < 1.29 is 9.90 Å². The van der Waals surface area contributed by atoms with E-state index in [0.717, 1.165) is 39.0 Å². The highest BCUT2D eigenvalue weighted by molar-refractivity contribution is 5.74. The molecule has 0 aromatic rings. The van der Waals surface area contributed by atoms with Crippen LogP contribution in [0.15, 0.2) is 0 Å². The Bertz CT molecular complexity index is 334. The number of amides is 2. The van der Waals surface area contributed by atoms with Gasteiger partial charge >= 0.3 is 6.03 Å². The third kappa shape index (κ3) is 7.42. The standard InChI is InChI=1S/C16H34N4O2/c1-6-20(13-16(2,3)22)15(21)17-14-7-9-19(10-8-14)12-11-18(4)5/h14,22H,6-13H2,1-5H3,(H,17,21). The number of rotatable bonds is 7. The van der Waals surface area contributed by atoms with Crippen molar-refractivity contribution in [2.75, 3.05) is 53.4 Å². The Morgan fingerprint density at radius 3 is 2.36 bits per heavy atom. The summed E-state index contributed by atoms with van der Waals surface area (Å²) < 4.78 is 0. The Hall–Kier alpha value is -0.850. The number of nitrogens with zero attached hydrogens (tertiary/aromatic N) is 3. The van der Waals surface area contributed by atoms with Crippen molar-refractivity contribution in [2.24, 2.45) is 0 Å². The average Bonchev–Trinajstić information content (AvgIpc) is 2.42. The zero-order chi connectivity index (χ0) is 16.8. The van der Waals surface area contributed by atoms with E-state index in [-0.39, 0.29) is 12.1 Å². The number of urea groups is 1. The number of hydrogen-bond acceptors (Lipinski definition) is 4. The molecule has 6 nitrogen and oxygen atoms in total. The van der Waals surface area contributed by atoms with Gasteiger partial charge in [0, 0.05) is 38.8 Å². The van der Waals surface area contributed by atoms with E-state index in [0.29, 0.717) is 13.1 Å². The minimum absolute atomic E-state index is 0.0589. The van der Waals surface area contributed by atoms with E-state index in [2.05, 4.69) is 29.2 Å². The summed E-state index contributed by atoms with van der Waals surface area (Å²) in [7, 11) is 4.18. The Labute approximate surface area is 135 Å². The maximum Gasteiger partial charge on any atom is 0.317 e. The van der Waals surface area contributed by atoms with Gasteiger partial charge in [-0.05, 0) is 47.7 Å². The summed E-state index contributed by atoms with van der Waals surface area (Å²) in [4.78, 5) is 18.6. The lowest BCUT2D eigenvalue weighted by Crippen LogP contribution is -2.52. The number of carbonyl (C=O) groups is 1. The smallest absolute Gasteiger partial charge is 0.317 e. The second-order valence-electron chi connectivity index (χ2n) is 7.20. The van der Waals surface area contributed by atoms with Gasteiger partial charge < -0.3 is 25.1 Å². The summed E-state index contributed by atoms with van der Waals surface area (Å²) >= 11 is 0. The molecule has 1 fully saturated rings. The van der Waals surface area contributed by atoms with E-state index >= 15 is 0 Å². The second-order valence-corrected chi connectivity index (χ2v) is 7.20. The van der Waals surface area contributed by atoms with Crippen molar-refractivity contribution >= 4 is 6.03 Å².